The number of likely N-dealkylation sites (N-methyl/N-ethyl adjacent to an activating group) is 1. The number of hydrogen-bond acceptors (Lipinski definition) is 5. The Bertz CT molecular complexity index is 1350. The Morgan fingerprint density at radius 3 is 2.64 bits per heavy atom. The maximum absolute atomic E-state index is 13.5. The van der Waals surface area contributed by atoms with Gasteiger partial charge in [0, 0.05) is 38.8 Å². The maximum atomic E-state index is 13.5. The van der Waals surface area contributed by atoms with Crippen LogP contribution in [0.5, 0.6) is 5.75 Å². The van der Waals surface area contributed by atoms with Crippen molar-refractivity contribution < 1.29 is 19.1 Å². The molecule has 0 radical (unpaired) electrons. The van der Waals surface area contributed by atoms with Gasteiger partial charge in [-0.3, -0.25) is 14.4 Å². The summed E-state index contributed by atoms with van der Waals surface area (Å²) in [5, 5.41) is 4.95. The molecule has 3 amide bonds. The molecule has 3 aromatic rings. The summed E-state index contributed by atoms with van der Waals surface area (Å²) in [4.78, 5) is 43.8. The molecule has 0 saturated heterocycles. The number of anilines is 1. The molecule has 5 rings (SSSR count). The van der Waals surface area contributed by atoms with Gasteiger partial charge >= 0.3 is 0 Å². The first-order chi connectivity index (χ1) is 17.3. The minimum Gasteiger partial charge on any atom is -0.489 e. The van der Waals surface area contributed by atoms with Crippen molar-refractivity contribution in [2.24, 2.45) is 0 Å². The number of ether oxygens (including phenoxy) is 1. The Kier molecular flexibility index (Phi) is 6.17. The Labute approximate surface area is 213 Å². The summed E-state index contributed by atoms with van der Waals surface area (Å²) in [5.41, 5.74) is 2.97. The Morgan fingerprint density at radius 1 is 1.17 bits per heavy atom. The van der Waals surface area contributed by atoms with E-state index in [1.165, 1.54) is 14.7 Å². The minimum absolute atomic E-state index is 0.0324. The minimum atomic E-state index is -0.839. The van der Waals surface area contributed by atoms with Crippen LogP contribution in [0.2, 0.25) is 5.15 Å². The summed E-state index contributed by atoms with van der Waals surface area (Å²) in [6.45, 7) is 0.726. The molecule has 2 aliphatic heterocycles. The van der Waals surface area contributed by atoms with Crippen molar-refractivity contribution in [3.05, 3.63) is 76.1 Å². The molecule has 0 aliphatic carbocycles. The Hall–Kier alpha value is -3.85. The molecule has 0 spiro atoms. The molecule has 2 aromatic carbocycles. The fraction of sp³-hybridized carbons (Fsp3) is 0.308. The molecule has 3 heterocycles. The van der Waals surface area contributed by atoms with Crippen molar-refractivity contribution in [1.29, 1.82) is 0 Å². The number of carbonyl (C=O) groups excluding carboxylic acids is 3. The number of carbonyl (C=O) groups is 3. The Balaban J connectivity index is 1.40. The van der Waals surface area contributed by atoms with E-state index in [4.69, 9.17) is 16.3 Å². The molecule has 2 aliphatic rings. The molecule has 0 unspecified atom stereocenters. The quantitative estimate of drug-likeness (QED) is 0.542. The van der Waals surface area contributed by atoms with E-state index < -0.39 is 6.04 Å². The molecule has 0 saturated carbocycles. The Morgan fingerprint density at radius 2 is 1.92 bits per heavy atom. The molecule has 1 aromatic heterocycles. The van der Waals surface area contributed by atoms with E-state index in [9.17, 15) is 14.4 Å². The van der Waals surface area contributed by atoms with E-state index >= 15 is 0 Å². The number of rotatable bonds is 4. The summed E-state index contributed by atoms with van der Waals surface area (Å²) in [6, 6.07) is 13.9. The highest BCUT2D eigenvalue weighted by Crippen LogP contribution is 2.34. The first-order valence-corrected chi connectivity index (χ1v) is 12.0. The van der Waals surface area contributed by atoms with E-state index in [-0.39, 0.29) is 30.0 Å². The van der Waals surface area contributed by atoms with Crippen molar-refractivity contribution in [3.8, 4) is 5.75 Å². The van der Waals surface area contributed by atoms with Crippen LogP contribution < -0.4 is 9.64 Å². The van der Waals surface area contributed by atoms with Gasteiger partial charge in [0.1, 0.15) is 23.6 Å². The molecule has 9 nitrogen and oxygen atoms in total. The largest absolute Gasteiger partial charge is 0.489 e. The molecule has 1 atom stereocenters. The van der Waals surface area contributed by atoms with Crippen molar-refractivity contribution >= 4 is 35.0 Å². The first kappa shape index (κ1) is 23.9. The number of amides is 3. The zero-order chi connectivity index (χ0) is 25.6. The predicted molar refractivity (Wildman–Crippen MR) is 135 cm³/mol. The zero-order valence-corrected chi connectivity index (χ0v) is 21.0. The lowest BCUT2D eigenvalue weighted by Gasteiger charge is -2.33. The monoisotopic (exact) mass is 507 g/mol. The second-order valence-electron chi connectivity index (χ2n) is 9.12. The number of fused-ring (bicyclic) bond motifs is 2. The van der Waals surface area contributed by atoms with Gasteiger partial charge in [0.2, 0.25) is 0 Å². The van der Waals surface area contributed by atoms with Gasteiger partial charge in [-0.15, -0.1) is 0 Å². The molecule has 0 N–H and O–H groups in total. The zero-order valence-electron chi connectivity index (χ0n) is 20.3. The van der Waals surface area contributed by atoms with Gasteiger partial charge in [-0.25, -0.2) is 4.68 Å². The average Bonchev–Trinajstić information content (AvgIpc) is 3.13. The van der Waals surface area contributed by atoms with Crippen molar-refractivity contribution in [2.75, 3.05) is 39.2 Å². The molecular formula is C26H26ClN5O4. The third-order valence-electron chi connectivity index (χ3n) is 6.59. The van der Waals surface area contributed by atoms with E-state index in [0.717, 1.165) is 5.56 Å². The second kappa shape index (κ2) is 9.31. The second-order valence-corrected chi connectivity index (χ2v) is 9.47. The fourth-order valence-corrected chi connectivity index (χ4v) is 4.89. The summed E-state index contributed by atoms with van der Waals surface area (Å²) >= 11 is 6.59. The van der Waals surface area contributed by atoms with E-state index in [1.54, 1.807) is 44.0 Å². The average molecular weight is 508 g/mol. The van der Waals surface area contributed by atoms with E-state index in [0.29, 0.717) is 47.2 Å². The first-order valence-electron chi connectivity index (χ1n) is 11.6. The third kappa shape index (κ3) is 4.09. The molecule has 0 bridgehead atoms. The van der Waals surface area contributed by atoms with Crippen molar-refractivity contribution in [2.45, 2.75) is 19.0 Å². The summed E-state index contributed by atoms with van der Waals surface area (Å²) < 4.78 is 7.62. The lowest BCUT2D eigenvalue weighted by molar-refractivity contribution is -0.123. The standard InChI is InChI=1S/C26H26ClN5O4/c1-29(2)24(33)17-9-10-19-21(13-17)36-15-20(25(34)30(19)3)31-12-11-18-22(26(31)35)28-32(23(18)27)14-16-7-5-4-6-8-16/h4-10,13,20H,11-12,14-15H2,1-3H3/t20-/m0/s1. The highest BCUT2D eigenvalue weighted by Gasteiger charge is 2.41. The van der Waals surface area contributed by atoms with Gasteiger partial charge in [0.05, 0.1) is 12.2 Å². The van der Waals surface area contributed by atoms with Crippen LogP contribution in [0.15, 0.2) is 48.5 Å². The van der Waals surface area contributed by atoms with Gasteiger partial charge in [-0.2, -0.15) is 5.10 Å². The van der Waals surface area contributed by atoms with Crippen LogP contribution in [0, 0.1) is 0 Å². The lowest BCUT2D eigenvalue weighted by Crippen LogP contribution is -2.54. The van der Waals surface area contributed by atoms with Gasteiger partial charge in [-0.05, 0) is 30.2 Å². The molecular weight excluding hydrogens is 482 g/mol. The van der Waals surface area contributed by atoms with Crippen LogP contribution in [-0.4, -0.2) is 77.6 Å². The number of benzene rings is 2. The number of aromatic nitrogens is 2. The fourth-order valence-electron chi connectivity index (χ4n) is 4.60. The van der Waals surface area contributed by atoms with Crippen LogP contribution in [0.25, 0.3) is 0 Å². The van der Waals surface area contributed by atoms with Gasteiger partial charge in [-0.1, -0.05) is 41.9 Å². The summed E-state index contributed by atoms with van der Waals surface area (Å²) in [6.07, 6.45) is 0.483. The van der Waals surface area contributed by atoms with Crippen LogP contribution >= 0.6 is 11.6 Å². The number of hydrogen-bond donors (Lipinski definition) is 0. The number of nitrogens with zero attached hydrogens (tertiary/aromatic N) is 5. The molecule has 186 valence electrons. The number of halogens is 1. The van der Waals surface area contributed by atoms with Gasteiger partial charge < -0.3 is 19.4 Å². The van der Waals surface area contributed by atoms with Gasteiger partial charge in [0.25, 0.3) is 17.7 Å². The van der Waals surface area contributed by atoms with Gasteiger partial charge in [0.15, 0.2) is 5.69 Å². The van der Waals surface area contributed by atoms with E-state index in [2.05, 4.69) is 5.10 Å². The molecule has 0 fully saturated rings. The molecule has 10 heteroatoms. The van der Waals surface area contributed by atoms with Crippen molar-refractivity contribution in [1.82, 2.24) is 19.6 Å². The molecule has 36 heavy (non-hydrogen) atoms. The maximum Gasteiger partial charge on any atom is 0.275 e. The van der Waals surface area contributed by atoms with Crippen LogP contribution in [-0.2, 0) is 17.8 Å². The SMILES string of the molecule is CN(C)C(=O)c1ccc2c(c1)OC[C@H](N1CCc3c(nn(Cc4ccccc4)c3Cl)C1=O)C(=O)N2C. The highest BCUT2D eigenvalue weighted by atomic mass is 35.5. The third-order valence-corrected chi connectivity index (χ3v) is 7.01. The highest BCUT2D eigenvalue weighted by molar-refractivity contribution is 6.31. The predicted octanol–water partition coefficient (Wildman–Crippen LogP) is 2.71. The topological polar surface area (TPSA) is 88.0 Å². The lowest BCUT2D eigenvalue weighted by atomic mass is 10.0. The van der Waals surface area contributed by atoms with Crippen LogP contribution in [0.3, 0.4) is 0 Å². The van der Waals surface area contributed by atoms with Crippen molar-refractivity contribution in [3.63, 3.8) is 0 Å². The summed E-state index contributed by atoms with van der Waals surface area (Å²) in [7, 11) is 4.98. The van der Waals surface area contributed by atoms with Crippen LogP contribution in [0.1, 0.15) is 32.0 Å². The normalized spacial score (nSPS) is 17.3. The smallest absolute Gasteiger partial charge is 0.275 e. The van der Waals surface area contributed by atoms with Crippen LogP contribution in [0.4, 0.5) is 5.69 Å². The summed E-state index contributed by atoms with van der Waals surface area (Å²) in [5.74, 6) is -0.374. The van der Waals surface area contributed by atoms with E-state index in [1.807, 2.05) is 30.3 Å².